The number of likely N-dealkylation sites (tertiary alicyclic amines) is 2. The Labute approximate surface area is 187 Å². The van der Waals surface area contributed by atoms with Crippen LogP contribution < -0.4 is 5.32 Å². The fraction of sp³-hybridized carbons (Fsp3) is 0.680. The quantitative estimate of drug-likeness (QED) is 0.740. The minimum atomic E-state index is -0.496. The standard InChI is InChI=1S/C25H39N3O3/c1-18-11-13-27(14-12-18)22(20-9-7-6-8-10-20)15-26-23(29)19(2)21-16-28(17-21)24(30)31-25(3,4)5/h6-10,18-19,21-22H,11-17H2,1-5H3,(H,26,29)/t19-,22-/m1/s1. The van der Waals surface area contributed by atoms with Gasteiger partial charge in [0.2, 0.25) is 5.91 Å². The van der Waals surface area contributed by atoms with Gasteiger partial charge in [0.15, 0.2) is 0 Å². The van der Waals surface area contributed by atoms with E-state index in [1.807, 2.05) is 33.8 Å². The smallest absolute Gasteiger partial charge is 0.410 e. The van der Waals surface area contributed by atoms with Crippen LogP contribution in [0.1, 0.15) is 59.1 Å². The molecule has 2 aliphatic rings. The van der Waals surface area contributed by atoms with Gasteiger partial charge in [-0.05, 0) is 58.2 Å². The minimum absolute atomic E-state index is 0.0696. The van der Waals surface area contributed by atoms with Crippen molar-refractivity contribution in [2.75, 3.05) is 32.7 Å². The molecule has 2 fully saturated rings. The summed E-state index contributed by atoms with van der Waals surface area (Å²) >= 11 is 0. The molecule has 0 radical (unpaired) electrons. The van der Waals surface area contributed by atoms with Crippen molar-refractivity contribution in [2.45, 2.75) is 59.1 Å². The molecule has 1 N–H and O–H groups in total. The first-order valence-electron chi connectivity index (χ1n) is 11.7. The van der Waals surface area contributed by atoms with Gasteiger partial charge in [-0.25, -0.2) is 4.79 Å². The number of piperidine rings is 1. The molecule has 172 valence electrons. The Morgan fingerprint density at radius 2 is 1.74 bits per heavy atom. The van der Waals surface area contributed by atoms with E-state index in [4.69, 9.17) is 4.74 Å². The van der Waals surface area contributed by atoms with Gasteiger partial charge < -0.3 is 15.0 Å². The molecule has 2 aliphatic heterocycles. The molecule has 2 saturated heterocycles. The largest absolute Gasteiger partial charge is 0.444 e. The van der Waals surface area contributed by atoms with Crippen molar-refractivity contribution in [1.82, 2.24) is 15.1 Å². The molecule has 31 heavy (non-hydrogen) atoms. The van der Waals surface area contributed by atoms with E-state index in [0.29, 0.717) is 19.6 Å². The molecule has 0 unspecified atom stereocenters. The topological polar surface area (TPSA) is 61.9 Å². The number of hydrogen-bond acceptors (Lipinski definition) is 4. The summed E-state index contributed by atoms with van der Waals surface area (Å²) in [6.07, 6.45) is 2.12. The van der Waals surface area contributed by atoms with Gasteiger partial charge in [0.1, 0.15) is 5.60 Å². The summed E-state index contributed by atoms with van der Waals surface area (Å²) in [5, 5.41) is 3.21. The van der Waals surface area contributed by atoms with Crippen molar-refractivity contribution in [1.29, 1.82) is 0 Å². The Morgan fingerprint density at radius 1 is 1.13 bits per heavy atom. The molecule has 0 bridgehead atoms. The molecular weight excluding hydrogens is 390 g/mol. The zero-order valence-electron chi connectivity index (χ0n) is 19.8. The van der Waals surface area contributed by atoms with Crippen LogP contribution in [0.2, 0.25) is 0 Å². The maximum absolute atomic E-state index is 12.9. The highest BCUT2D eigenvalue weighted by molar-refractivity contribution is 5.79. The van der Waals surface area contributed by atoms with Crippen LogP contribution in [-0.2, 0) is 9.53 Å². The van der Waals surface area contributed by atoms with Gasteiger partial charge in [0.25, 0.3) is 0 Å². The number of amides is 2. The van der Waals surface area contributed by atoms with E-state index in [2.05, 4.69) is 41.4 Å². The maximum Gasteiger partial charge on any atom is 0.410 e. The average Bonchev–Trinajstić information content (AvgIpc) is 2.67. The molecule has 2 amide bonds. The summed E-state index contributed by atoms with van der Waals surface area (Å²) in [7, 11) is 0. The predicted molar refractivity (Wildman–Crippen MR) is 123 cm³/mol. The summed E-state index contributed by atoms with van der Waals surface area (Å²) in [6, 6.07) is 10.7. The Balaban J connectivity index is 1.52. The van der Waals surface area contributed by atoms with Gasteiger partial charge in [0, 0.05) is 31.5 Å². The Kier molecular flexibility index (Phi) is 7.63. The Morgan fingerprint density at radius 3 is 2.32 bits per heavy atom. The first-order valence-corrected chi connectivity index (χ1v) is 11.7. The lowest BCUT2D eigenvalue weighted by Gasteiger charge is -2.42. The zero-order chi connectivity index (χ0) is 22.6. The third kappa shape index (κ3) is 6.45. The maximum atomic E-state index is 12.9. The van der Waals surface area contributed by atoms with Crippen molar-refractivity contribution in [3.63, 3.8) is 0 Å². The summed E-state index contributed by atoms with van der Waals surface area (Å²) in [6.45, 7) is 13.8. The lowest BCUT2D eigenvalue weighted by Crippen LogP contribution is -2.56. The van der Waals surface area contributed by atoms with E-state index in [-0.39, 0.29) is 29.9 Å². The van der Waals surface area contributed by atoms with Crippen molar-refractivity contribution in [2.24, 2.45) is 17.8 Å². The average molecular weight is 430 g/mol. The van der Waals surface area contributed by atoms with Crippen molar-refractivity contribution in [3.8, 4) is 0 Å². The van der Waals surface area contributed by atoms with Crippen LogP contribution in [0.25, 0.3) is 0 Å². The van der Waals surface area contributed by atoms with Gasteiger partial charge in [0.05, 0.1) is 6.04 Å². The van der Waals surface area contributed by atoms with E-state index in [1.165, 1.54) is 18.4 Å². The molecule has 3 rings (SSSR count). The van der Waals surface area contributed by atoms with Gasteiger partial charge in [-0.2, -0.15) is 0 Å². The van der Waals surface area contributed by atoms with Gasteiger partial charge in [-0.1, -0.05) is 44.2 Å². The molecule has 2 atom stereocenters. The molecule has 1 aromatic carbocycles. The fourth-order valence-corrected chi connectivity index (χ4v) is 4.35. The lowest BCUT2D eigenvalue weighted by atomic mass is 9.86. The van der Waals surface area contributed by atoms with Crippen LogP contribution in [0.3, 0.4) is 0 Å². The third-order valence-electron chi connectivity index (χ3n) is 6.60. The minimum Gasteiger partial charge on any atom is -0.444 e. The second-order valence-corrected chi connectivity index (χ2v) is 10.3. The monoisotopic (exact) mass is 429 g/mol. The number of carbonyl (C=O) groups is 2. The number of carbonyl (C=O) groups excluding carboxylic acids is 2. The molecule has 0 aliphatic carbocycles. The predicted octanol–water partition coefficient (Wildman–Crippen LogP) is 4.08. The molecular formula is C25H39N3O3. The second-order valence-electron chi connectivity index (χ2n) is 10.3. The Hall–Kier alpha value is -2.08. The van der Waals surface area contributed by atoms with Crippen LogP contribution in [0.15, 0.2) is 30.3 Å². The van der Waals surface area contributed by atoms with E-state index in [9.17, 15) is 9.59 Å². The van der Waals surface area contributed by atoms with Crippen molar-refractivity contribution < 1.29 is 14.3 Å². The van der Waals surface area contributed by atoms with Crippen LogP contribution in [0.5, 0.6) is 0 Å². The van der Waals surface area contributed by atoms with Crippen molar-refractivity contribution >= 4 is 12.0 Å². The molecule has 6 nitrogen and oxygen atoms in total. The highest BCUT2D eigenvalue weighted by Gasteiger charge is 2.39. The zero-order valence-corrected chi connectivity index (χ0v) is 19.8. The third-order valence-corrected chi connectivity index (χ3v) is 6.60. The van der Waals surface area contributed by atoms with Gasteiger partial charge in [-0.15, -0.1) is 0 Å². The summed E-state index contributed by atoms with van der Waals surface area (Å²) in [5.41, 5.74) is 0.758. The van der Waals surface area contributed by atoms with Crippen molar-refractivity contribution in [3.05, 3.63) is 35.9 Å². The van der Waals surface area contributed by atoms with Crippen LogP contribution in [0.4, 0.5) is 4.79 Å². The second kappa shape index (κ2) is 10.0. The molecule has 1 aromatic rings. The van der Waals surface area contributed by atoms with E-state index in [0.717, 1.165) is 19.0 Å². The first-order chi connectivity index (χ1) is 14.6. The number of benzene rings is 1. The summed E-state index contributed by atoms with van der Waals surface area (Å²) in [5.74, 6) is 0.893. The van der Waals surface area contributed by atoms with E-state index in [1.54, 1.807) is 4.90 Å². The molecule has 0 aromatic heterocycles. The molecule has 2 heterocycles. The lowest BCUT2D eigenvalue weighted by molar-refractivity contribution is -0.128. The van der Waals surface area contributed by atoms with Gasteiger partial charge >= 0.3 is 6.09 Å². The van der Waals surface area contributed by atoms with E-state index < -0.39 is 5.60 Å². The Bertz CT molecular complexity index is 732. The number of ether oxygens (including phenoxy) is 1. The van der Waals surface area contributed by atoms with Crippen LogP contribution >= 0.6 is 0 Å². The highest BCUT2D eigenvalue weighted by atomic mass is 16.6. The highest BCUT2D eigenvalue weighted by Crippen LogP contribution is 2.28. The summed E-state index contributed by atoms with van der Waals surface area (Å²) in [4.78, 5) is 29.2. The number of nitrogens with zero attached hydrogens (tertiary/aromatic N) is 2. The van der Waals surface area contributed by atoms with E-state index >= 15 is 0 Å². The number of nitrogens with one attached hydrogen (secondary N) is 1. The van der Waals surface area contributed by atoms with Crippen LogP contribution in [-0.4, -0.2) is 60.1 Å². The normalized spacial score (nSPS) is 20.6. The SMILES string of the molecule is CC1CCN([C@H](CNC(=O)[C@H](C)C2CN(C(=O)OC(C)(C)C)C2)c2ccccc2)CC1. The van der Waals surface area contributed by atoms with Gasteiger partial charge in [-0.3, -0.25) is 9.69 Å². The molecule has 0 spiro atoms. The number of hydrogen-bond donors (Lipinski definition) is 1. The number of rotatable bonds is 6. The molecule has 6 heteroatoms. The summed E-state index contributed by atoms with van der Waals surface area (Å²) < 4.78 is 5.41. The first kappa shape index (κ1) is 23.6. The molecule has 0 saturated carbocycles. The fourth-order valence-electron chi connectivity index (χ4n) is 4.35. The van der Waals surface area contributed by atoms with Crippen LogP contribution in [0, 0.1) is 17.8 Å².